The van der Waals surface area contributed by atoms with Gasteiger partial charge in [-0.1, -0.05) is 123 Å². The lowest BCUT2D eigenvalue weighted by molar-refractivity contribution is 0.590. The molecule has 0 saturated carbocycles. The first-order valence-electron chi connectivity index (χ1n) is 25.5. The van der Waals surface area contributed by atoms with Crippen LogP contribution in [0.25, 0.3) is 30.3 Å². The van der Waals surface area contributed by atoms with E-state index in [-0.39, 0.29) is 34.6 Å². The minimum absolute atomic E-state index is 0.0372. The summed E-state index contributed by atoms with van der Waals surface area (Å²) in [5.41, 5.74) is 16.2. The fraction of sp³-hybridized carbons (Fsp3) is 0.231. The van der Waals surface area contributed by atoms with Crippen LogP contribution in [0.1, 0.15) is 95.7 Å². The third-order valence-electron chi connectivity index (χ3n) is 15.2. The summed E-state index contributed by atoms with van der Waals surface area (Å²) < 4.78 is 38.9. The molecule has 2 aliphatic rings. The Bertz CT molecular complexity index is 3830. The number of halogens is 2. The topological polar surface area (TPSA) is 9.72 Å². The molecule has 3 nitrogen and oxygen atoms in total. The molecule has 0 bridgehead atoms. The summed E-state index contributed by atoms with van der Waals surface area (Å²) in [4.78, 5) is 6.83. The summed E-state index contributed by atoms with van der Waals surface area (Å²) in [6, 6.07) is 51.8. The normalized spacial score (nSPS) is 13.5. The van der Waals surface area contributed by atoms with E-state index in [1.807, 2.05) is 38.1 Å². The van der Waals surface area contributed by atoms with Crippen molar-refractivity contribution in [1.29, 1.82) is 0 Å². The van der Waals surface area contributed by atoms with E-state index < -0.39 is 0 Å². The molecule has 364 valence electrons. The third-order valence-corrected chi connectivity index (χ3v) is 17.6. The maximum Gasteiger partial charge on any atom is 0.264 e. The van der Waals surface area contributed by atoms with E-state index in [0.29, 0.717) is 11.4 Å². The van der Waals surface area contributed by atoms with Gasteiger partial charge in [-0.05, 0) is 166 Å². The van der Waals surface area contributed by atoms with Crippen LogP contribution in [0.2, 0.25) is 0 Å². The van der Waals surface area contributed by atoms with E-state index in [1.165, 1.54) is 16.7 Å². The van der Waals surface area contributed by atoms with Gasteiger partial charge >= 0.3 is 0 Å². The van der Waals surface area contributed by atoms with E-state index in [2.05, 4.69) is 193 Å². The highest BCUT2D eigenvalue weighted by Crippen LogP contribution is 2.55. The molecule has 4 heterocycles. The summed E-state index contributed by atoms with van der Waals surface area (Å²) in [6.07, 6.45) is 0. The van der Waals surface area contributed by atoms with Crippen molar-refractivity contribution in [2.24, 2.45) is 0 Å². The molecule has 8 heteroatoms. The lowest BCUT2D eigenvalue weighted by Gasteiger charge is -2.44. The first kappa shape index (κ1) is 47.3. The van der Waals surface area contributed by atoms with Crippen LogP contribution in [0.3, 0.4) is 0 Å². The SMILES string of the molecule is Cc1ccc(N2c3cc(C)cc4c3B(c3cc(N(c5ccc(C(C)(C)C)cc5)c5ccc(C(C)(C)C)cc5)c5c(sc6ccccc65)c3N4c3ccc(C)cc3F)c3sc4ccc(C(C)(C)C)cc4c32)c(F)c1. The first-order chi connectivity index (χ1) is 34.7. The molecule has 0 radical (unpaired) electrons. The van der Waals surface area contributed by atoms with Crippen molar-refractivity contribution in [3.8, 4) is 0 Å². The molecule has 12 rings (SSSR count). The van der Waals surface area contributed by atoms with Crippen LogP contribution < -0.4 is 30.4 Å². The van der Waals surface area contributed by atoms with E-state index in [9.17, 15) is 0 Å². The van der Waals surface area contributed by atoms with Gasteiger partial charge in [-0.2, -0.15) is 0 Å². The predicted molar refractivity (Wildman–Crippen MR) is 314 cm³/mol. The van der Waals surface area contributed by atoms with Crippen LogP contribution in [0.15, 0.2) is 146 Å². The Kier molecular flexibility index (Phi) is 10.8. The van der Waals surface area contributed by atoms with Crippen molar-refractivity contribution >= 4 is 127 Å². The zero-order chi connectivity index (χ0) is 51.2. The average Bonchev–Trinajstić information content (AvgIpc) is 3.91. The van der Waals surface area contributed by atoms with Crippen LogP contribution >= 0.6 is 22.7 Å². The second kappa shape index (κ2) is 16.6. The number of benzene rings is 8. The first-order valence-corrected chi connectivity index (χ1v) is 27.1. The molecule has 73 heavy (non-hydrogen) atoms. The Morgan fingerprint density at radius 3 is 1.51 bits per heavy atom. The molecule has 0 aliphatic carbocycles. The molecule has 2 aromatic heterocycles. The predicted octanol–water partition coefficient (Wildman–Crippen LogP) is 17.9. The van der Waals surface area contributed by atoms with E-state index in [4.69, 9.17) is 0 Å². The van der Waals surface area contributed by atoms with Gasteiger partial charge in [0, 0.05) is 53.1 Å². The highest BCUT2D eigenvalue weighted by molar-refractivity contribution is 7.34. The van der Waals surface area contributed by atoms with E-state index in [1.54, 1.807) is 34.8 Å². The van der Waals surface area contributed by atoms with Gasteiger partial charge in [-0.3, -0.25) is 0 Å². The monoisotopic (exact) mass is 995 g/mol. The third kappa shape index (κ3) is 7.61. The second-order valence-corrected chi connectivity index (χ2v) is 25.7. The Labute approximate surface area is 437 Å². The molecule has 2 aliphatic heterocycles. The summed E-state index contributed by atoms with van der Waals surface area (Å²) in [5.74, 6) is -0.588. The molecule has 0 N–H and O–H groups in total. The number of hydrogen-bond donors (Lipinski definition) is 0. The summed E-state index contributed by atoms with van der Waals surface area (Å²) in [5, 5.41) is 3.35. The number of rotatable bonds is 5. The molecule has 10 aromatic rings. The Morgan fingerprint density at radius 2 is 0.973 bits per heavy atom. The summed E-state index contributed by atoms with van der Waals surface area (Å²) >= 11 is 3.57. The Balaban J connectivity index is 1.26. The highest BCUT2D eigenvalue weighted by atomic mass is 32.1. The van der Waals surface area contributed by atoms with Crippen molar-refractivity contribution in [2.75, 3.05) is 14.7 Å². The molecule has 0 fully saturated rings. The molecular formula is C65H60BF2N3S2. The summed E-state index contributed by atoms with van der Waals surface area (Å²) in [6.45, 7) is 26.0. The van der Waals surface area contributed by atoms with Gasteiger partial charge in [0.15, 0.2) is 0 Å². The van der Waals surface area contributed by atoms with Crippen molar-refractivity contribution < 1.29 is 8.78 Å². The van der Waals surface area contributed by atoms with E-state index in [0.717, 1.165) is 102 Å². The van der Waals surface area contributed by atoms with Crippen LogP contribution in [0.4, 0.5) is 60.0 Å². The average molecular weight is 996 g/mol. The maximum atomic E-state index is 17.3. The van der Waals surface area contributed by atoms with Crippen molar-refractivity contribution in [3.05, 3.63) is 191 Å². The van der Waals surface area contributed by atoms with Crippen molar-refractivity contribution in [1.82, 2.24) is 0 Å². The minimum Gasteiger partial charge on any atom is -0.310 e. The van der Waals surface area contributed by atoms with E-state index >= 15 is 8.78 Å². The van der Waals surface area contributed by atoms with Gasteiger partial charge in [0.2, 0.25) is 0 Å². The van der Waals surface area contributed by atoms with Gasteiger partial charge in [0.05, 0.1) is 33.1 Å². The number of nitrogens with zero attached hydrogens (tertiary/aromatic N) is 3. The molecule has 0 saturated heterocycles. The quantitative estimate of drug-likeness (QED) is 0.159. The largest absolute Gasteiger partial charge is 0.310 e. The standard InChI is InChI=1S/C65H60BF2N3S2/c1-37-17-28-50(48(67)31-37)70-53-33-39(3)34-54-58(53)66(62-59(70)46-35-42(65(10,11)12)23-30-56(46)73-62)47-36-52(69(43-24-19-40(20-25-43)63(4,5)6)44-26-21-41(22-27-44)64(7,8)9)57-45-15-13-14-16-55(45)72-61(57)60(47)71(54)51-29-18-38(2)32-49(51)68/h13-36H,1-12H3. The van der Waals surface area contributed by atoms with Crippen molar-refractivity contribution in [3.63, 3.8) is 0 Å². The van der Waals surface area contributed by atoms with Crippen LogP contribution in [0.5, 0.6) is 0 Å². The van der Waals surface area contributed by atoms with Crippen LogP contribution in [0, 0.1) is 32.4 Å². The molecule has 0 spiro atoms. The zero-order valence-electron chi connectivity index (χ0n) is 43.8. The number of aryl methyl sites for hydroxylation is 3. The van der Waals surface area contributed by atoms with Crippen LogP contribution in [-0.2, 0) is 16.2 Å². The molecule has 8 aromatic carbocycles. The molecule has 0 unspecified atom stereocenters. The highest BCUT2D eigenvalue weighted by Gasteiger charge is 2.48. The lowest BCUT2D eigenvalue weighted by Crippen LogP contribution is -2.60. The Morgan fingerprint density at radius 1 is 0.466 bits per heavy atom. The number of anilines is 9. The Hall–Kier alpha value is -6.74. The van der Waals surface area contributed by atoms with Gasteiger partial charge < -0.3 is 14.7 Å². The number of thiophene rings is 2. The van der Waals surface area contributed by atoms with Gasteiger partial charge in [-0.25, -0.2) is 8.78 Å². The van der Waals surface area contributed by atoms with Crippen LogP contribution in [-0.4, -0.2) is 6.71 Å². The molecule has 0 atom stereocenters. The fourth-order valence-electron chi connectivity index (χ4n) is 11.3. The van der Waals surface area contributed by atoms with Gasteiger partial charge in [0.1, 0.15) is 11.6 Å². The lowest BCUT2D eigenvalue weighted by atomic mass is 9.36. The maximum absolute atomic E-state index is 17.3. The molecular weight excluding hydrogens is 936 g/mol. The second-order valence-electron chi connectivity index (χ2n) is 23.6. The minimum atomic E-state index is -0.303. The van der Waals surface area contributed by atoms with Gasteiger partial charge in [-0.15, -0.1) is 22.7 Å². The van der Waals surface area contributed by atoms with Crippen molar-refractivity contribution in [2.45, 2.75) is 99.3 Å². The van der Waals surface area contributed by atoms with Gasteiger partial charge in [0.25, 0.3) is 6.71 Å². The molecule has 0 amide bonds. The zero-order valence-corrected chi connectivity index (χ0v) is 45.5. The summed E-state index contributed by atoms with van der Waals surface area (Å²) in [7, 11) is 0. The number of hydrogen-bond acceptors (Lipinski definition) is 5. The fourth-order valence-corrected chi connectivity index (χ4v) is 13.9. The number of fused-ring (bicyclic) bond motifs is 10. The smallest absolute Gasteiger partial charge is 0.264 e.